The number of anilines is 1. The first-order valence-electron chi connectivity index (χ1n) is 9.37. The number of pyridine rings is 1. The molecule has 1 aliphatic rings. The third kappa shape index (κ3) is 4.74. The van der Waals surface area contributed by atoms with Crippen LogP contribution in [0.4, 0.5) is 11.4 Å². The molecule has 1 saturated heterocycles. The number of ether oxygens (including phenoxy) is 2. The van der Waals surface area contributed by atoms with Crippen molar-refractivity contribution in [3.63, 3.8) is 0 Å². The molecule has 154 valence electrons. The normalized spacial score (nSPS) is 14.3. The van der Waals surface area contributed by atoms with Gasteiger partial charge in [0.2, 0.25) is 0 Å². The number of nitrogens with one attached hydrogen (secondary N) is 1. The molecule has 1 amide bonds. The highest BCUT2D eigenvalue weighted by Gasteiger charge is 2.26. The first-order chi connectivity index (χ1) is 14.0. The van der Waals surface area contributed by atoms with Gasteiger partial charge in [0, 0.05) is 43.8 Å². The Bertz CT molecular complexity index is 867. The van der Waals surface area contributed by atoms with Gasteiger partial charge in [-0.1, -0.05) is 0 Å². The topological polar surface area (TPSA) is 107 Å². The molecule has 1 aromatic heterocycles. The van der Waals surface area contributed by atoms with Crippen molar-refractivity contribution in [2.24, 2.45) is 5.92 Å². The fourth-order valence-corrected chi connectivity index (χ4v) is 3.48. The number of carbonyl (C=O) groups is 1. The lowest BCUT2D eigenvalue weighted by molar-refractivity contribution is -0.385. The Kier molecular flexibility index (Phi) is 6.48. The zero-order valence-corrected chi connectivity index (χ0v) is 16.5. The summed E-state index contributed by atoms with van der Waals surface area (Å²) in [4.78, 5) is 29.8. The summed E-state index contributed by atoms with van der Waals surface area (Å²) < 4.78 is 10.3. The van der Waals surface area contributed by atoms with Crippen LogP contribution in [0.3, 0.4) is 0 Å². The van der Waals surface area contributed by atoms with Gasteiger partial charge in [-0.05, 0) is 30.9 Å². The summed E-state index contributed by atoms with van der Waals surface area (Å²) in [6, 6.07) is 6.52. The van der Waals surface area contributed by atoms with Gasteiger partial charge in [0.25, 0.3) is 11.6 Å². The molecule has 0 unspecified atom stereocenters. The summed E-state index contributed by atoms with van der Waals surface area (Å²) >= 11 is 0. The number of methoxy groups -OCH3 is 2. The van der Waals surface area contributed by atoms with E-state index in [0.29, 0.717) is 12.5 Å². The highest BCUT2D eigenvalue weighted by atomic mass is 16.6. The molecular weight excluding hydrogens is 376 g/mol. The Hall–Kier alpha value is -3.36. The van der Waals surface area contributed by atoms with Crippen LogP contribution in [0.1, 0.15) is 23.2 Å². The Morgan fingerprint density at radius 1 is 1.21 bits per heavy atom. The van der Waals surface area contributed by atoms with Gasteiger partial charge in [-0.3, -0.25) is 19.9 Å². The minimum atomic E-state index is -0.593. The van der Waals surface area contributed by atoms with E-state index in [1.807, 2.05) is 12.1 Å². The van der Waals surface area contributed by atoms with Crippen LogP contribution in [-0.4, -0.2) is 49.7 Å². The van der Waals surface area contributed by atoms with E-state index in [9.17, 15) is 14.9 Å². The van der Waals surface area contributed by atoms with Gasteiger partial charge in [0.15, 0.2) is 11.5 Å². The number of aromatic nitrogens is 1. The molecule has 0 saturated carbocycles. The van der Waals surface area contributed by atoms with E-state index in [2.05, 4.69) is 15.2 Å². The molecule has 1 aromatic carbocycles. The summed E-state index contributed by atoms with van der Waals surface area (Å²) in [7, 11) is 2.81. The zero-order valence-electron chi connectivity index (χ0n) is 16.5. The average molecular weight is 400 g/mol. The summed E-state index contributed by atoms with van der Waals surface area (Å²) in [5, 5.41) is 14.2. The Labute approximate surface area is 168 Å². The van der Waals surface area contributed by atoms with E-state index in [0.717, 1.165) is 31.6 Å². The molecule has 1 aliphatic heterocycles. The Morgan fingerprint density at radius 3 is 2.41 bits per heavy atom. The van der Waals surface area contributed by atoms with Gasteiger partial charge in [-0.2, -0.15) is 0 Å². The number of hydrogen-bond acceptors (Lipinski definition) is 7. The third-order valence-electron chi connectivity index (χ3n) is 5.14. The molecule has 2 aromatic rings. The van der Waals surface area contributed by atoms with Gasteiger partial charge >= 0.3 is 0 Å². The number of nitrogens with zero attached hydrogens (tertiary/aromatic N) is 3. The highest BCUT2D eigenvalue weighted by molar-refractivity contribution is 5.99. The van der Waals surface area contributed by atoms with Gasteiger partial charge in [0.05, 0.1) is 25.2 Å². The van der Waals surface area contributed by atoms with Crippen molar-refractivity contribution in [1.29, 1.82) is 0 Å². The number of hydrogen-bond donors (Lipinski definition) is 1. The van der Waals surface area contributed by atoms with Crippen LogP contribution in [0.5, 0.6) is 11.5 Å². The summed E-state index contributed by atoms with van der Waals surface area (Å²) in [5.41, 5.74) is 0.790. The maximum Gasteiger partial charge on any atom is 0.286 e. The maximum atomic E-state index is 12.6. The second-order valence-corrected chi connectivity index (χ2v) is 6.83. The van der Waals surface area contributed by atoms with E-state index < -0.39 is 10.8 Å². The predicted molar refractivity (Wildman–Crippen MR) is 108 cm³/mol. The quantitative estimate of drug-likeness (QED) is 0.562. The molecule has 0 bridgehead atoms. The molecule has 9 heteroatoms. The number of amides is 1. The molecule has 0 spiro atoms. The minimum Gasteiger partial charge on any atom is -0.493 e. The Morgan fingerprint density at radius 2 is 1.83 bits per heavy atom. The monoisotopic (exact) mass is 400 g/mol. The third-order valence-corrected chi connectivity index (χ3v) is 5.14. The predicted octanol–water partition coefficient (Wildman–Crippen LogP) is 2.65. The van der Waals surface area contributed by atoms with Gasteiger partial charge in [0.1, 0.15) is 5.56 Å². The van der Waals surface area contributed by atoms with Crippen LogP contribution >= 0.6 is 0 Å². The van der Waals surface area contributed by atoms with E-state index in [4.69, 9.17) is 9.47 Å². The molecule has 29 heavy (non-hydrogen) atoms. The lowest BCUT2D eigenvalue weighted by Gasteiger charge is -2.33. The molecule has 0 atom stereocenters. The standard InChI is InChI=1S/C20H24N4O5/c1-28-18-11-16(17(24(26)27)12-19(18)29-2)20(25)22-13-14-5-9-23(10-6-14)15-3-7-21-8-4-15/h3-4,7-8,11-12,14H,5-6,9-10,13H2,1-2H3,(H,22,25). The van der Waals surface area contributed by atoms with E-state index in [1.165, 1.54) is 26.4 Å². The lowest BCUT2D eigenvalue weighted by atomic mass is 9.96. The van der Waals surface area contributed by atoms with Crippen molar-refractivity contribution < 1.29 is 19.2 Å². The molecule has 0 aliphatic carbocycles. The molecule has 1 N–H and O–H groups in total. The van der Waals surface area contributed by atoms with Crippen LogP contribution in [0.2, 0.25) is 0 Å². The molecule has 3 rings (SSSR count). The zero-order chi connectivity index (χ0) is 20.8. The van der Waals surface area contributed by atoms with Crippen molar-refractivity contribution in [3.8, 4) is 11.5 Å². The number of carbonyl (C=O) groups excluding carboxylic acids is 1. The van der Waals surface area contributed by atoms with Crippen LogP contribution in [0.25, 0.3) is 0 Å². The van der Waals surface area contributed by atoms with Gasteiger partial charge in [-0.25, -0.2) is 0 Å². The van der Waals surface area contributed by atoms with Crippen molar-refractivity contribution >= 4 is 17.3 Å². The van der Waals surface area contributed by atoms with E-state index >= 15 is 0 Å². The number of rotatable bonds is 7. The van der Waals surface area contributed by atoms with E-state index in [-0.39, 0.29) is 22.7 Å². The summed E-state index contributed by atoms with van der Waals surface area (Å²) in [5.74, 6) is 0.304. The fourth-order valence-electron chi connectivity index (χ4n) is 3.48. The number of nitro groups is 1. The van der Waals surface area contributed by atoms with Gasteiger partial charge in [-0.15, -0.1) is 0 Å². The first-order valence-corrected chi connectivity index (χ1v) is 9.37. The average Bonchev–Trinajstić information content (AvgIpc) is 2.77. The van der Waals surface area contributed by atoms with Crippen molar-refractivity contribution in [1.82, 2.24) is 10.3 Å². The molecule has 1 fully saturated rings. The fraction of sp³-hybridized carbons (Fsp3) is 0.400. The number of nitro benzene ring substituents is 1. The second-order valence-electron chi connectivity index (χ2n) is 6.83. The van der Waals surface area contributed by atoms with Gasteiger partial charge < -0.3 is 19.7 Å². The first kappa shape index (κ1) is 20.4. The number of piperidine rings is 1. The molecule has 2 heterocycles. The molecule has 0 radical (unpaired) electrons. The smallest absolute Gasteiger partial charge is 0.286 e. The van der Waals surface area contributed by atoms with E-state index in [1.54, 1.807) is 12.4 Å². The van der Waals surface area contributed by atoms with Crippen LogP contribution in [0.15, 0.2) is 36.7 Å². The molecular formula is C20H24N4O5. The van der Waals surface area contributed by atoms with Crippen molar-refractivity contribution in [3.05, 3.63) is 52.3 Å². The molecule has 9 nitrogen and oxygen atoms in total. The van der Waals surface area contributed by atoms with Crippen LogP contribution < -0.4 is 19.7 Å². The van der Waals surface area contributed by atoms with Crippen molar-refractivity contribution in [2.45, 2.75) is 12.8 Å². The highest BCUT2D eigenvalue weighted by Crippen LogP contribution is 2.34. The number of benzene rings is 1. The maximum absolute atomic E-state index is 12.6. The summed E-state index contributed by atoms with van der Waals surface area (Å²) in [6.45, 7) is 2.25. The van der Waals surface area contributed by atoms with Crippen molar-refractivity contribution in [2.75, 3.05) is 38.8 Å². The summed E-state index contributed by atoms with van der Waals surface area (Å²) in [6.07, 6.45) is 5.41. The Balaban J connectivity index is 1.62. The largest absolute Gasteiger partial charge is 0.493 e. The van der Waals surface area contributed by atoms with Crippen LogP contribution in [0, 0.1) is 16.0 Å². The van der Waals surface area contributed by atoms with Crippen LogP contribution in [-0.2, 0) is 0 Å². The second kappa shape index (κ2) is 9.22. The lowest BCUT2D eigenvalue weighted by Crippen LogP contribution is -2.38. The minimum absolute atomic E-state index is 0.0399. The SMILES string of the molecule is COc1cc(C(=O)NCC2CCN(c3ccncc3)CC2)c([N+](=O)[O-])cc1OC.